The molecule has 0 aromatic carbocycles. The first-order valence-corrected chi connectivity index (χ1v) is 7.92. The Kier molecular flexibility index (Phi) is 7.75. The fourth-order valence-corrected chi connectivity index (χ4v) is 2.39. The molecule has 1 atom stereocenters. The van der Waals surface area contributed by atoms with Gasteiger partial charge in [0.25, 0.3) is 0 Å². The van der Waals surface area contributed by atoms with Gasteiger partial charge in [-0.3, -0.25) is 4.79 Å². The van der Waals surface area contributed by atoms with Gasteiger partial charge in [0.2, 0.25) is 5.91 Å². The molecular weight excluding hydrogens is 266 g/mol. The number of rotatable bonds is 8. The van der Waals surface area contributed by atoms with E-state index in [-0.39, 0.29) is 17.2 Å². The molecule has 0 aromatic rings. The van der Waals surface area contributed by atoms with Gasteiger partial charge in [0.15, 0.2) is 5.84 Å². The Morgan fingerprint density at radius 1 is 1.24 bits per heavy atom. The van der Waals surface area contributed by atoms with E-state index in [1.807, 2.05) is 13.8 Å². The summed E-state index contributed by atoms with van der Waals surface area (Å²) in [5, 5.41) is 15.2. The molecule has 0 aliphatic rings. The van der Waals surface area contributed by atoms with Crippen LogP contribution >= 0.6 is 0 Å². The summed E-state index contributed by atoms with van der Waals surface area (Å²) in [4.78, 5) is 12.7. The van der Waals surface area contributed by atoms with Crippen molar-refractivity contribution in [2.75, 3.05) is 6.54 Å². The number of hydrogen-bond acceptors (Lipinski definition) is 3. The zero-order valence-electron chi connectivity index (χ0n) is 14.5. The van der Waals surface area contributed by atoms with Crippen LogP contribution in [0.2, 0.25) is 0 Å². The third-order valence-corrected chi connectivity index (χ3v) is 4.43. The van der Waals surface area contributed by atoms with Gasteiger partial charge in [-0.1, -0.05) is 59.5 Å². The molecule has 0 aromatic heterocycles. The lowest BCUT2D eigenvalue weighted by Crippen LogP contribution is -2.51. The average Bonchev–Trinajstić information content (AvgIpc) is 2.41. The quantitative estimate of drug-likeness (QED) is 0.278. The number of nitrogens with two attached hydrogens (primary N) is 1. The number of nitrogens with zero attached hydrogens (tertiary/aromatic N) is 1. The van der Waals surface area contributed by atoms with Crippen LogP contribution in [0.15, 0.2) is 5.16 Å². The van der Waals surface area contributed by atoms with E-state index in [1.54, 1.807) is 0 Å². The van der Waals surface area contributed by atoms with Gasteiger partial charge in [0.1, 0.15) is 5.41 Å². The van der Waals surface area contributed by atoms with Crippen LogP contribution in [0.5, 0.6) is 0 Å². The van der Waals surface area contributed by atoms with Crippen molar-refractivity contribution in [2.45, 2.75) is 67.2 Å². The number of carbonyl (C=O) groups excluding carboxylic acids is 1. The lowest BCUT2D eigenvalue weighted by molar-refractivity contribution is -0.128. The Bertz CT molecular complexity index is 353. The van der Waals surface area contributed by atoms with E-state index in [2.05, 4.69) is 38.2 Å². The highest BCUT2D eigenvalue weighted by Gasteiger charge is 2.41. The summed E-state index contributed by atoms with van der Waals surface area (Å²) in [7, 11) is 0. The number of hydrogen-bond donors (Lipinski definition) is 3. The first-order valence-electron chi connectivity index (χ1n) is 7.92. The Hall–Kier alpha value is -1.26. The Labute approximate surface area is 129 Å². The fourth-order valence-electron chi connectivity index (χ4n) is 2.39. The highest BCUT2D eigenvalue weighted by Crippen LogP contribution is 2.31. The molecule has 0 saturated heterocycles. The Morgan fingerprint density at radius 3 is 2.05 bits per heavy atom. The van der Waals surface area contributed by atoms with Crippen LogP contribution in [-0.4, -0.2) is 23.5 Å². The summed E-state index contributed by atoms with van der Waals surface area (Å²) in [6.07, 6.45) is 2.79. The van der Waals surface area contributed by atoms with Crippen LogP contribution < -0.4 is 11.1 Å². The fraction of sp³-hybridized carbons (Fsp3) is 0.875. The predicted octanol–water partition coefficient (Wildman–Crippen LogP) is 3.12. The normalized spacial score (nSPS) is 14.9. The van der Waals surface area contributed by atoms with Gasteiger partial charge >= 0.3 is 0 Å². The van der Waals surface area contributed by atoms with E-state index in [1.165, 1.54) is 0 Å². The molecule has 21 heavy (non-hydrogen) atoms. The summed E-state index contributed by atoms with van der Waals surface area (Å²) in [5.41, 5.74) is 5.09. The van der Waals surface area contributed by atoms with Crippen LogP contribution in [0.1, 0.15) is 67.2 Å². The van der Waals surface area contributed by atoms with Crippen LogP contribution in [-0.2, 0) is 4.79 Å². The van der Waals surface area contributed by atoms with E-state index < -0.39 is 5.41 Å². The van der Waals surface area contributed by atoms with Crippen LogP contribution in [0.4, 0.5) is 0 Å². The van der Waals surface area contributed by atoms with Crippen molar-refractivity contribution in [1.82, 2.24) is 5.32 Å². The van der Waals surface area contributed by atoms with E-state index in [0.717, 1.165) is 12.8 Å². The number of carbonyl (C=O) groups is 1. The molecule has 1 unspecified atom stereocenters. The maximum absolute atomic E-state index is 12.7. The first kappa shape index (κ1) is 19.7. The summed E-state index contributed by atoms with van der Waals surface area (Å²) in [6, 6.07) is 0. The van der Waals surface area contributed by atoms with Crippen molar-refractivity contribution >= 4 is 11.7 Å². The molecule has 0 spiro atoms. The third kappa shape index (κ3) is 5.21. The maximum atomic E-state index is 12.7. The second kappa shape index (κ2) is 8.25. The Morgan fingerprint density at radius 2 is 1.71 bits per heavy atom. The molecule has 1 amide bonds. The molecule has 0 radical (unpaired) electrons. The van der Waals surface area contributed by atoms with E-state index >= 15 is 0 Å². The van der Waals surface area contributed by atoms with Crippen molar-refractivity contribution in [3.63, 3.8) is 0 Å². The van der Waals surface area contributed by atoms with Gasteiger partial charge in [-0.05, 0) is 24.2 Å². The lowest BCUT2D eigenvalue weighted by atomic mass is 9.76. The Balaban J connectivity index is 5.12. The van der Waals surface area contributed by atoms with Crippen molar-refractivity contribution in [1.29, 1.82) is 0 Å². The SMILES string of the molecule is CCCC(CCC)(C(=O)NCC(C)C(C)(C)C)C(N)=NO. The van der Waals surface area contributed by atoms with E-state index in [4.69, 9.17) is 10.9 Å². The number of amidine groups is 1. The molecule has 124 valence electrons. The number of oxime groups is 1. The van der Waals surface area contributed by atoms with Crippen LogP contribution in [0, 0.1) is 16.7 Å². The van der Waals surface area contributed by atoms with Crippen molar-refractivity contribution in [3.8, 4) is 0 Å². The minimum Gasteiger partial charge on any atom is -0.409 e. The molecule has 0 aliphatic heterocycles. The standard InChI is InChI=1S/C16H33N3O2/c1-7-9-16(10-8-2,13(17)19-21)14(20)18-11-12(3)15(4,5)6/h12,21H,7-11H2,1-6H3,(H2,17,19)(H,18,20). The molecule has 0 fully saturated rings. The first-order chi connectivity index (χ1) is 9.65. The van der Waals surface area contributed by atoms with Crippen molar-refractivity contribution in [2.24, 2.45) is 27.6 Å². The third-order valence-electron chi connectivity index (χ3n) is 4.43. The van der Waals surface area contributed by atoms with Crippen LogP contribution in [0.25, 0.3) is 0 Å². The van der Waals surface area contributed by atoms with E-state index in [0.29, 0.717) is 25.3 Å². The molecule has 4 N–H and O–H groups in total. The second-order valence-electron chi connectivity index (χ2n) is 7.04. The summed E-state index contributed by atoms with van der Waals surface area (Å²) < 4.78 is 0. The van der Waals surface area contributed by atoms with Crippen molar-refractivity contribution in [3.05, 3.63) is 0 Å². The van der Waals surface area contributed by atoms with Gasteiger partial charge < -0.3 is 16.3 Å². The molecule has 5 nitrogen and oxygen atoms in total. The van der Waals surface area contributed by atoms with Gasteiger partial charge in [0, 0.05) is 6.54 Å². The molecule has 0 bridgehead atoms. The minimum atomic E-state index is -0.893. The largest absolute Gasteiger partial charge is 0.409 e. The molecule has 0 heterocycles. The topological polar surface area (TPSA) is 87.7 Å². The molecule has 0 aliphatic carbocycles. The number of nitrogens with one attached hydrogen (secondary N) is 1. The van der Waals surface area contributed by atoms with Crippen molar-refractivity contribution < 1.29 is 10.0 Å². The smallest absolute Gasteiger partial charge is 0.233 e. The molecule has 0 saturated carbocycles. The van der Waals surface area contributed by atoms with Gasteiger partial charge in [-0.15, -0.1) is 0 Å². The molecule has 0 rings (SSSR count). The van der Waals surface area contributed by atoms with Gasteiger partial charge in [-0.25, -0.2) is 0 Å². The highest BCUT2D eigenvalue weighted by molar-refractivity contribution is 6.06. The van der Waals surface area contributed by atoms with E-state index in [9.17, 15) is 4.79 Å². The summed E-state index contributed by atoms with van der Waals surface area (Å²) >= 11 is 0. The molecular formula is C16H33N3O2. The monoisotopic (exact) mass is 299 g/mol. The minimum absolute atomic E-state index is 0.0205. The lowest BCUT2D eigenvalue weighted by Gasteiger charge is -2.33. The van der Waals surface area contributed by atoms with Crippen LogP contribution in [0.3, 0.4) is 0 Å². The predicted molar refractivity (Wildman–Crippen MR) is 87.3 cm³/mol. The second-order valence-corrected chi connectivity index (χ2v) is 7.04. The zero-order valence-corrected chi connectivity index (χ0v) is 14.5. The maximum Gasteiger partial charge on any atom is 0.233 e. The number of amides is 1. The van der Waals surface area contributed by atoms with Gasteiger partial charge in [0.05, 0.1) is 0 Å². The summed E-state index contributed by atoms with van der Waals surface area (Å²) in [6.45, 7) is 13.2. The van der Waals surface area contributed by atoms with Gasteiger partial charge in [-0.2, -0.15) is 0 Å². The summed E-state index contributed by atoms with van der Waals surface area (Å²) in [5.74, 6) is 0.236. The average molecular weight is 299 g/mol. The highest BCUT2D eigenvalue weighted by atomic mass is 16.4. The molecule has 5 heteroatoms. The zero-order chi connectivity index (χ0) is 16.7.